The maximum atomic E-state index is 15.8. The van der Waals surface area contributed by atoms with E-state index in [-0.39, 0.29) is 5.82 Å². The number of pyridine rings is 1. The second-order valence-electron chi connectivity index (χ2n) is 8.12. The van der Waals surface area contributed by atoms with Crippen LogP contribution in [0.2, 0.25) is 0 Å². The van der Waals surface area contributed by atoms with E-state index in [9.17, 15) is 0 Å². The van der Waals surface area contributed by atoms with Crippen molar-refractivity contribution in [3.05, 3.63) is 60.3 Å². The second kappa shape index (κ2) is 6.71. The van der Waals surface area contributed by atoms with Gasteiger partial charge in [-0.1, -0.05) is 43.3 Å². The topological polar surface area (TPSA) is 53.9 Å². The van der Waals surface area contributed by atoms with Gasteiger partial charge < -0.3 is 10.2 Å². The number of nitrogens with zero attached hydrogens (tertiary/aromatic N) is 4. The minimum atomic E-state index is -0.379. The molecule has 1 N–H and O–H groups in total. The number of fused-ring (bicyclic) bond motifs is 3. The molecule has 2 fully saturated rings. The first-order valence-corrected chi connectivity index (χ1v) is 10.6. The van der Waals surface area contributed by atoms with E-state index in [4.69, 9.17) is 0 Å². The van der Waals surface area contributed by atoms with E-state index in [0.717, 1.165) is 48.1 Å². The van der Waals surface area contributed by atoms with Crippen LogP contribution in [0, 0.1) is 5.82 Å². The van der Waals surface area contributed by atoms with Gasteiger partial charge in [-0.15, -0.1) is 0 Å². The van der Waals surface area contributed by atoms with Gasteiger partial charge >= 0.3 is 0 Å². The molecule has 2 aliphatic heterocycles. The van der Waals surface area contributed by atoms with Gasteiger partial charge in [-0.3, -0.25) is 4.98 Å². The van der Waals surface area contributed by atoms with Crippen molar-refractivity contribution in [1.82, 2.24) is 20.3 Å². The molecule has 6 rings (SSSR count). The molecule has 30 heavy (non-hydrogen) atoms. The number of aromatic nitrogens is 3. The molecule has 0 radical (unpaired) electrons. The largest absolute Gasteiger partial charge is 0.350 e. The highest BCUT2D eigenvalue weighted by Gasteiger charge is 2.43. The predicted octanol–water partition coefficient (Wildman–Crippen LogP) is 4.10. The summed E-state index contributed by atoms with van der Waals surface area (Å²) >= 11 is 0. The molecule has 0 unspecified atom stereocenters. The third-order valence-corrected chi connectivity index (χ3v) is 6.61. The zero-order chi connectivity index (χ0) is 20.2. The lowest BCUT2D eigenvalue weighted by atomic mass is 9.95. The van der Waals surface area contributed by atoms with Crippen LogP contribution in [0.25, 0.3) is 32.9 Å². The van der Waals surface area contributed by atoms with Crippen molar-refractivity contribution in [2.24, 2.45) is 0 Å². The number of hydrogen-bond acceptors (Lipinski definition) is 5. The molecule has 4 aromatic rings. The third-order valence-electron chi connectivity index (χ3n) is 6.61. The number of benzene rings is 2. The summed E-state index contributed by atoms with van der Waals surface area (Å²) in [4.78, 5) is 15.6. The summed E-state index contributed by atoms with van der Waals surface area (Å²) in [6.45, 7) is 4.03. The van der Waals surface area contributed by atoms with Crippen LogP contribution in [0.3, 0.4) is 0 Å². The van der Waals surface area contributed by atoms with Crippen molar-refractivity contribution >= 4 is 27.5 Å². The van der Waals surface area contributed by atoms with Crippen LogP contribution in [-0.2, 0) is 6.42 Å². The summed E-state index contributed by atoms with van der Waals surface area (Å²) in [5.41, 5.74) is 2.69. The Balaban J connectivity index is 1.53. The summed E-state index contributed by atoms with van der Waals surface area (Å²) in [6, 6.07) is 13.1. The van der Waals surface area contributed by atoms with Crippen molar-refractivity contribution in [2.45, 2.75) is 31.8 Å². The average molecular weight is 399 g/mol. The van der Waals surface area contributed by atoms with Gasteiger partial charge in [0.1, 0.15) is 23.4 Å². The van der Waals surface area contributed by atoms with E-state index in [0.29, 0.717) is 28.7 Å². The van der Waals surface area contributed by atoms with Crippen LogP contribution in [0.4, 0.5) is 10.2 Å². The SMILES string of the molecule is CCc1cccc2cccc(-c3ncc4c(N5C[C@H]6NCC[C@H]65)ncnc4c3F)c12. The number of rotatable bonds is 3. The highest BCUT2D eigenvalue weighted by molar-refractivity contribution is 6.00. The molecule has 2 atom stereocenters. The van der Waals surface area contributed by atoms with Gasteiger partial charge in [0.25, 0.3) is 0 Å². The normalized spacial score (nSPS) is 20.5. The maximum Gasteiger partial charge on any atom is 0.175 e. The molecule has 0 amide bonds. The Morgan fingerprint density at radius 3 is 2.83 bits per heavy atom. The lowest BCUT2D eigenvalue weighted by molar-refractivity contribution is 0.394. The number of aryl methyl sites for hydroxylation is 1. The number of halogens is 1. The highest BCUT2D eigenvalue weighted by Crippen LogP contribution is 2.37. The minimum Gasteiger partial charge on any atom is -0.350 e. The van der Waals surface area contributed by atoms with Crippen LogP contribution < -0.4 is 10.2 Å². The van der Waals surface area contributed by atoms with Gasteiger partial charge in [-0.05, 0) is 35.7 Å². The number of hydrogen-bond donors (Lipinski definition) is 1. The molecule has 4 heterocycles. The van der Waals surface area contributed by atoms with Crippen LogP contribution in [-0.4, -0.2) is 40.1 Å². The Kier molecular flexibility index (Phi) is 3.96. The maximum absolute atomic E-state index is 15.8. The Morgan fingerprint density at radius 1 is 1.13 bits per heavy atom. The molecular formula is C24H22FN5. The van der Waals surface area contributed by atoms with Crippen molar-refractivity contribution in [3.8, 4) is 11.3 Å². The second-order valence-corrected chi connectivity index (χ2v) is 8.12. The van der Waals surface area contributed by atoms with Crippen LogP contribution >= 0.6 is 0 Å². The number of nitrogens with one attached hydrogen (secondary N) is 1. The molecule has 2 aliphatic rings. The van der Waals surface area contributed by atoms with E-state index in [1.807, 2.05) is 18.2 Å². The number of anilines is 1. The van der Waals surface area contributed by atoms with Crippen molar-refractivity contribution in [3.63, 3.8) is 0 Å². The van der Waals surface area contributed by atoms with Gasteiger partial charge in [0, 0.05) is 30.4 Å². The molecule has 5 nitrogen and oxygen atoms in total. The van der Waals surface area contributed by atoms with E-state index >= 15 is 4.39 Å². The quantitative estimate of drug-likeness (QED) is 0.562. The van der Waals surface area contributed by atoms with Gasteiger partial charge in [-0.25, -0.2) is 14.4 Å². The molecule has 0 saturated carbocycles. The first kappa shape index (κ1) is 17.7. The highest BCUT2D eigenvalue weighted by atomic mass is 19.1. The fraction of sp³-hybridized carbons (Fsp3) is 0.292. The third kappa shape index (κ3) is 2.46. The van der Waals surface area contributed by atoms with Crippen LogP contribution in [0.15, 0.2) is 48.9 Å². The molecular weight excluding hydrogens is 377 g/mol. The zero-order valence-corrected chi connectivity index (χ0v) is 16.8. The van der Waals surface area contributed by atoms with E-state index in [1.54, 1.807) is 6.20 Å². The summed E-state index contributed by atoms with van der Waals surface area (Å²) in [5, 5.41) is 6.33. The Labute approximate surface area is 174 Å². The predicted molar refractivity (Wildman–Crippen MR) is 117 cm³/mol. The Hall–Kier alpha value is -3.12. The Bertz CT molecular complexity index is 1280. The monoisotopic (exact) mass is 399 g/mol. The lowest BCUT2D eigenvalue weighted by Crippen LogP contribution is -2.61. The smallest absolute Gasteiger partial charge is 0.175 e. The van der Waals surface area contributed by atoms with Gasteiger partial charge in [0.2, 0.25) is 0 Å². The lowest BCUT2D eigenvalue weighted by Gasteiger charge is -2.45. The minimum absolute atomic E-state index is 0.338. The van der Waals surface area contributed by atoms with E-state index in [2.05, 4.69) is 50.3 Å². The fourth-order valence-electron chi connectivity index (χ4n) is 5.07. The first-order chi connectivity index (χ1) is 14.8. The molecule has 150 valence electrons. The Morgan fingerprint density at radius 2 is 2.00 bits per heavy atom. The van der Waals surface area contributed by atoms with Crippen molar-refractivity contribution in [1.29, 1.82) is 0 Å². The standard InChI is InChI=1S/C24H22FN5/c1-2-14-5-3-6-15-7-4-8-16(20(14)15)22-21(25)23-17(11-27-22)24(29-13-28-23)30-12-18-19(30)9-10-26-18/h3-8,11,13,18-19,26H,2,9-10,12H2,1H3/t18-,19-/m1/s1. The average Bonchev–Trinajstić information content (AvgIpc) is 3.14. The molecule has 2 aromatic heterocycles. The zero-order valence-electron chi connectivity index (χ0n) is 16.8. The summed E-state index contributed by atoms with van der Waals surface area (Å²) < 4.78 is 15.8. The summed E-state index contributed by atoms with van der Waals surface area (Å²) in [7, 11) is 0. The molecule has 2 aromatic carbocycles. The molecule has 6 heteroatoms. The molecule has 0 aliphatic carbocycles. The van der Waals surface area contributed by atoms with Crippen molar-refractivity contribution < 1.29 is 4.39 Å². The summed E-state index contributed by atoms with van der Waals surface area (Å²) in [6.07, 6.45) is 5.17. The van der Waals surface area contributed by atoms with Gasteiger partial charge in [-0.2, -0.15) is 0 Å². The van der Waals surface area contributed by atoms with Crippen LogP contribution in [0.5, 0.6) is 0 Å². The molecule has 0 bridgehead atoms. The van der Waals surface area contributed by atoms with Crippen molar-refractivity contribution in [2.75, 3.05) is 18.0 Å². The molecule has 0 spiro atoms. The first-order valence-electron chi connectivity index (χ1n) is 10.6. The molecule has 2 saturated heterocycles. The fourth-order valence-corrected chi connectivity index (χ4v) is 5.07. The summed E-state index contributed by atoms with van der Waals surface area (Å²) in [5.74, 6) is 0.409. The van der Waals surface area contributed by atoms with Gasteiger partial charge in [0.05, 0.1) is 5.39 Å². The van der Waals surface area contributed by atoms with E-state index in [1.165, 1.54) is 11.9 Å². The van der Waals surface area contributed by atoms with Gasteiger partial charge in [0.15, 0.2) is 5.82 Å². The van der Waals surface area contributed by atoms with E-state index < -0.39 is 0 Å². The van der Waals surface area contributed by atoms with Crippen LogP contribution in [0.1, 0.15) is 18.9 Å².